The number of carbonyl (C=O) groups excluding carboxylic acids is 1. The first-order chi connectivity index (χ1) is 13.8. The summed E-state index contributed by atoms with van der Waals surface area (Å²) in [5.41, 5.74) is 3.66. The van der Waals surface area contributed by atoms with E-state index in [4.69, 9.17) is 4.74 Å². The maximum atomic E-state index is 13.5. The smallest absolute Gasteiger partial charge is 0.258 e. The third-order valence-electron chi connectivity index (χ3n) is 5.17. The van der Waals surface area contributed by atoms with E-state index in [0.29, 0.717) is 17.9 Å². The van der Waals surface area contributed by atoms with Crippen molar-refractivity contribution in [1.29, 1.82) is 0 Å². The van der Waals surface area contributed by atoms with Gasteiger partial charge in [-0.15, -0.1) is 0 Å². The number of nitrogens with one attached hydrogen (secondary N) is 1. The minimum atomic E-state index is -0.0402. The summed E-state index contributed by atoms with van der Waals surface area (Å²) in [6.07, 6.45) is 8.36. The first-order valence-electron chi connectivity index (χ1n) is 9.76. The number of hydrogen-bond donors (Lipinski definition) is 1. The number of aromatic nitrogens is 3. The molecule has 28 heavy (non-hydrogen) atoms. The van der Waals surface area contributed by atoms with Crippen LogP contribution in [0.3, 0.4) is 0 Å². The third-order valence-corrected chi connectivity index (χ3v) is 5.17. The van der Waals surface area contributed by atoms with E-state index in [2.05, 4.69) is 15.2 Å². The number of piperidine rings is 1. The number of rotatable bonds is 5. The van der Waals surface area contributed by atoms with Gasteiger partial charge in [0, 0.05) is 24.5 Å². The van der Waals surface area contributed by atoms with Gasteiger partial charge in [-0.25, -0.2) is 0 Å². The molecule has 0 bridgehead atoms. The van der Waals surface area contributed by atoms with E-state index in [1.54, 1.807) is 12.4 Å². The van der Waals surface area contributed by atoms with Crippen molar-refractivity contribution in [2.45, 2.75) is 32.2 Å². The number of ether oxygens (including phenoxy) is 1. The maximum Gasteiger partial charge on any atom is 0.258 e. The number of amides is 1. The van der Waals surface area contributed by atoms with Gasteiger partial charge >= 0.3 is 0 Å². The van der Waals surface area contributed by atoms with Crippen LogP contribution in [0.4, 0.5) is 0 Å². The van der Waals surface area contributed by atoms with E-state index in [1.165, 1.54) is 0 Å². The highest BCUT2D eigenvalue weighted by molar-refractivity contribution is 5.97. The monoisotopic (exact) mass is 376 g/mol. The van der Waals surface area contributed by atoms with Gasteiger partial charge in [0.25, 0.3) is 5.91 Å². The number of nitrogens with zero attached hydrogens (tertiary/aromatic N) is 3. The van der Waals surface area contributed by atoms with E-state index < -0.39 is 0 Å². The Hall–Kier alpha value is -3.15. The Bertz CT molecular complexity index is 938. The first-order valence-corrected chi connectivity index (χ1v) is 9.76. The molecule has 1 N–H and O–H groups in total. The predicted molar refractivity (Wildman–Crippen MR) is 107 cm³/mol. The molecule has 6 nitrogen and oxygen atoms in total. The van der Waals surface area contributed by atoms with Crippen LogP contribution in [0, 0.1) is 0 Å². The van der Waals surface area contributed by atoms with Crippen molar-refractivity contribution in [3.63, 3.8) is 0 Å². The molecule has 1 fully saturated rings. The summed E-state index contributed by atoms with van der Waals surface area (Å²) >= 11 is 0. The van der Waals surface area contributed by atoms with Gasteiger partial charge in [0.2, 0.25) is 0 Å². The Morgan fingerprint density at radius 2 is 2.04 bits per heavy atom. The van der Waals surface area contributed by atoms with Gasteiger partial charge in [-0.3, -0.25) is 14.9 Å². The molecule has 1 aliphatic rings. The van der Waals surface area contributed by atoms with Crippen molar-refractivity contribution in [2.75, 3.05) is 13.2 Å². The van der Waals surface area contributed by atoms with Crippen molar-refractivity contribution in [3.05, 3.63) is 66.2 Å². The van der Waals surface area contributed by atoms with Crippen molar-refractivity contribution < 1.29 is 9.53 Å². The molecule has 0 radical (unpaired) electrons. The number of benzene rings is 1. The lowest BCUT2D eigenvalue weighted by atomic mass is 9.94. The normalized spacial score (nSPS) is 16.8. The molecular formula is C22H24N4O2. The molecule has 0 aliphatic carbocycles. The van der Waals surface area contributed by atoms with E-state index >= 15 is 0 Å². The second-order valence-electron chi connectivity index (χ2n) is 6.87. The molecule has 1 aliphatic heterocycles. The highest BCUT2D eigenvalue weighted by Crippen LogP contribution is 2.37. The Kier molecular flexibility index (Phi) is 5.37. The van der Waals surface area contributed by atoms with Crippen LogP contribution in [0.1, 0.15) is 48.3 Å². The first kappa shape index (κ1) is 18.2. The van der Waals surface area contributed by atoms with Crippen molar-refractivity contribution in [3.8, 4) is 16.9 Å². The van der Waals surface area contributed by atoms with E-state index in [1.807, 2.05) is 54.4 Å². The van der Waals surface area contributed by atoms with Crippen LogP contribution in [0.25, 0.3) is 11.1 Å². The lowest BCUT2D eigenvalue weighted by molar-refractivity contribution is 0.0602. The summed E-state index contributed by atoms with van der Waals surface area (Å²) in [5.74, 6) is 0.641. The lowest BCUT2D eigenvalue weighted by Crippen LogP contribution is -2.39. The molecule has 0 spiro atoms. The Labute approximate surface area is 164 Å². The molecule has 1 atom stereocenters. The molecule has 3 heterocycles. The average Bonchev–Trinajstić information content (AvgIpc) is 3.24. The Balaban J connectivity index is 1.69. The van der Waals surface area contributed by atoms with Crippen LogP contribution >= 0.6 is 0 Å². The fourth-order valence-electron chi connectivity index (χ4n) is 3.87. The number of likely N-dealkylation sites (tertiary alicyclic amines) is 1. The van der Waals surface area contributed by atoms with Gasteiger partial charge in [0.1, 0.15) is 5.75 Å². The molecule has 1 unspecified atom stereocenters. The fourth-order valence-corrected chi connectivity index (χ4v) is 3.87. The minimum absolute atomic E-state index is 0.00373. The molecule has 3 aromatic rings. The number of hydrogen-bond acceptors (Lipinski definition) is 4. The van der Waals surface area contributed by atoms with Gasteiger partial charge in [-0.1, -0.05) is 12.1 Å². The summed E-state index contributed by atoms with van der Waals surface area (Å²) in [4.78, 5) is 19.5. The van der Waals surface area contributed by atoms with Crippen LogP contribution in [-0.4, -0.2) is 39.1 Å². The third kappa shape index (κ3) is 3.50. The molecule has 4 rings (SSSR count). The van der Waals surface area contributed by atoms with Gasteiger partial charge in [-0.2, -0.15) is 5.10 Å². The summed E-state index contributed by atoms with van der Waals surface area (Å²) in [6, 6.07) is 11.4. The Morgan fingerprint density at radius 1 is 1.21 bits per heavy atom. The van der Waals surface area contributed by atoms with Gasteiger partial charge in [0.05, 0.1) is 30.1 Å². The van der Waals surface area contributed by atoms with E-state index in [0.717, 1.165) is 42.6 Å². The van der Waals surface area contributed by atoms with Crippen molar-refractivity contribution >= 4 is 5.91 Å². The molecule has 1 amide bonds. The zero-order valence-electron chi connectivity index (χ0n) is 16.0. The van der Waals surface area contributed by atoms with Crippen LogP contribution in [-0.2, 0) is 0 Å². The van der Waals surface area contributed by atoms with Crippen LogP contribution < -0.4 is 4.74 Å². The fraction of sp³-hybridized carbons (Fsp3) is 0.318. The molecule has 144 valence electrons. The second kappa shape index (κ2) is 8.25. The highest BCUT2D eigenvalue weighted by atomic mass is 16.5. The number of para-hydroxylation sites is 1. The van der Waals surface area contributed by atoms with Crippen LogP contribution in [0.2, 0.25) is 0 Å². The maximum absolute atomic E-state index is 13.5. The molecular weight excluding hydrogens is 352 g/mol. The second-order valence-corrected chi connectivity index (χ2v) is 6.87. The minimum Gasteiger partial charge on any atom is -0.493 e. The lowest BCUT2D eigenvalue weighted by Gasteiger charge is -2.36. The largest absolute Gasteiger partial charge is 0.493 e. The van der Waals surface area contributed by atoms with Gasteiger partial charge in [-0.05, 0) is 56.0 Å². The Morgan fingerprint density at radius 3 is 2.86 bits per heavy atom. The van der Waals surface area contributed by atoms with Crippen LogP contribution in [0.15, 0.2) is 55.0 Å². The van der Waals surface area contributed by atoms with Gasteiger partial charge < -0.3 is 9.64 Å². The van der Waals surface area contributed by atoms with E-state index in [9.17, 15) is 4.79 Å². The summed E-state index contributed by atoms with van der Waals surface area (Å²) in [6.45, 7) is 3.18. The van der Waals surface area contributed by atoms with Crippen LogP contribution in [0.5, 0.6) is 5.75 Å². The summed E-state index contributed by atoms with van der Waals surface area (Å²) in [7, 11) is 0. The molecule has 0 saturated carbocycles. The average molecular weight is 376 g/mol. The summed E-state index contributed by atoms with van der Waals surface area (Å²) < 4.78 is 5.69. The molecule has 1 saturated heterocycles. The number of pyridine rings is 1. The summed E-state index contributed by atoms with van der Waals surface area (Å²) in [5, 5.41) is 7.43. The quantitative estimate of drug-likeness (QED) is 0.723. The van der Waals surface area contributed by atoms with E-state index in [-0.39, 0.29) is 11.9 Å². The standard InChI is InChI=1S/C22H24N4O2/c1-2-28-20-9-4-3-7-17(20)22(27)26-14-6-5-8-19(26)21-18(15-24-25-21)16-10-12-23-13-11-16/h3-4,7,9-13,15,19H,2,5-6,8,14H2,1H3,(H,24,25). The predicted octanol–water partition coefficient (Wildman–Crippen LogP) is 4.24. The number of aromatic amines is 1. The van der Waals surface area contributed by atoms with Gasteiger partial charge in [0.15, 0.2) is 0 Å². The van der Waals surface area contributed by atoms with Crippen molar-refractivity contribution in [1.82, 2.24) is 20.1 Å². The SMILES string of the molecule is CCOc1ccccc1C(=O)N1CCCCC1c1[nH]ncc1-c1ccncc1. The highest BCUT2D eigenvalue weighted by Gasteiger charge is 2.32. The molecule has 2 aromatic heterocycles. The topological polar surface area (TPSA) is 71.1 Å². The molecule has 6 heteroatoms. The number of carbonyl (C=O) groups is 1. The zero-order chi connectivity index (χ0) is 19.3. The zero-order valence-corrected chi connectivity index (χ0v) is 16.0. The van der Waals surface area contributed by atoms with Crippen molar-refractivity contribution in [2.24, 2.45) is 0 Å². The molecule has 1 aromatic carbocycles. The number of H-pyrrole nitrogens is 1.